The van der Waals surface area contributed by atoms with Crippen LogP contribution in [0.5, 0.6) is 0 Å². The molecule has 0 bridgehead atoms. The highest BCUT2D eigenvalue weighted by Crippen LogP contribution is 2.26. The molecule has 0 amide bonds. The van der Waals surface area contributed by atoms with Crippen molar-refractivity contribution in [1.29, 1.82) is 0 Å². The maximum atomic E-state index is 13.2. The minimum Gasteiger partial charge on any atom is -0.379 e. The Morgan fingerprint density at radius 3 is 2.61 bits per heavy atom. The molecule has 0 aliphatic carbocycles. The Balaban J connectivity index is 1.45. The number of fused-ring (bicyclic) bond motifs is 2. The number of sulfonamides is 1. The molecule has 0 atom stereocenters. The Morgan fingerprint density at radius 1 is 1.03 bits per heavy atom. The quantitative estimate of drug-likeness (QED) is 0.532. The van der Waals surface area contributed by atoms with Gasteiger partial charge in [-0.15, -0.1) is 0 Å². The molecule has 2 aliphatic heterocycles. The van der Waals surface area contributed by atoms with E-state index in [1.165, 1.54) is 15.4 Å². The van der Waals surface area contributed by atoms with Gasteiger partial charge in [-0.3, -0.25) is 4.90 Å². The smallest absolute Gasteiger partial charge is 0.243 e. The summed E-state index contributed by atoms with van der Waals surface area (Å²) in [7, 11) is -3.54. The van der Waals surface area contributed by atoms with E-state index in [1.54, 1.807) is 12.1 Å². The highest BCUT2D eigenvalue weighted by Gasteiger charge is 2.27. The van der Waals surface area contributed by atoms with Gasteiger partial charge in [0.2, 0.25) is 10.0 Å². The van der Waals surface area contributed by atoms with Crippen LogP contribution in [-0.2, 0) is 40.8 Å². The molecule has 33 heavy (non-hydrogen) atoms. The van der Waals surface area contributed by atoms with E-state index in [0.29, 0.717) is 31.2 Å². The number of ether oxygens (including phenoxy) is 1. The first-order chi connectivity index (χ1) is 16.1. The summed E-state index contributed by atoms with van der Waals surface area (Å²) >= 11 is 0. The SMILES string of the molecule is CCCCn1c(CN2CCc3ccccc3C2)nc2cc(S(=O)(=O)N3CCOCC3)ccc21. The number of morpholine rings is 1. The molecule has 1 aromatic heterocycles. The van der Waals surface area contributed by atoms with Gasteiger partial charge in [-0.05, 0) is 42.2 Å². The largest absolute Gasteiger partial charge is 0.379 e. The number of nitrogens with zero attached hydrogens (tertiary/aromatic N) is 4. The summed E-state index contributed by atoms with van der Waals surface area (Å²) in [5, 5.41) is 0. The molecule has 7 nitrogen and oxygen atoms in total. The Hall–Kier alpha value is -2.26. The second-order valence-electron chi connectivity index (χ2n) is 8.93. The first kappa shape index (κ1) is 22.5. The maximum Gasteiger partial charge on any atom is 0.243 e. The van der Waals surface area contributed by atoms with E-state index in [2.05, 4.69) is 40.7 Å². The van der Waals surface area contributed by atoms with E-state index in [4.69, 9.17) is 9.72 Å². The molecule has 0 N–H and O–H groups in total. The molecule has 0 spiro atoms. The molecule has 2 aromatic carbocycles. The lowest BCUT2D eigenvalue weighted by Crippen LogP contribution is -2.40. The van der Waals surface area contributed by atoms with Crippen molar-refractivity contribution in [3.63, 3.8) is 0 Å². The lowest BCUT2D eigenvalue weighted by atomic mass is 10.00. The van der Waals surface area contributed by atoms with Crippen molar-refractivity contribution in [3.05, 3.63) is 59.4 Å². The topological polar surface area (TPSA) is 67.7 Å². The minimum atomic E-state index is -3.54. The summed E-state index contributed by atoms with van der Waals surface area (Å²) in [6.07, 6.45) is 3.21. The molecule has 0 radical (unpaired) electrons. The van der Waals surface area contributed by atoms with Gasteiger partial charge in [0.15, 0.2) is 0 Å². The van der Waals surface area contributed by atoms with Crippen LogP contribution in [-0.4, -0.2) is 60.0 Å². The zero-order valence-electron chi connectivity index (χ0n) is 19.2. The normalized spacial score (nSPS) is 18.0. The van der Waals surface area contributed by atoms with Gasteiger partial charge in [0, 0.05) is 32.7 Å². The van der Waals surface area contributed by atoms with Gasteiger partial charge in [-0.1, -0.05) is 37.6 Å². The van der Waals surface area contributed by atoms with Gasteiger partial charge in [0.1, 0.15) is 5.82 Å². The van der Waals surface area contributed by atoms with Crippen molar-refractivity contribution < 1.29 is 13.2 Å². The van der Waals surface area contributed by atoms with Gasteiger partial charge in [-0.2, -0.15) is 4.31 Å². The molecular formula is C25H32N4O3S. The van der Waals surface area contributed by atoms with Crippen LogP contribution >= 0.6 is 0 Å². The van der Waals surface area contributed by atoms with Crippen molar-refractivity contribution >= 4 is 21.1 Å². The average molecular weight is 469 g/mol. The summed E-state index contributed by atoms with van der Waals surface area (Å²) in [6, 6.07) is 14.1. The molecule has 5 rings (SSSR count). The van der Waals surface area contributed by atoms with Crippen LogP contribution in [0.15, 0.2) is 47.4 Å². The molecule has 1 saturated heterocycles. The Morgan fingerprint density at radius 2 is 1.82 bits per heavy atom. The van der Waals surface area contributed by atoms with Crippen molar-refractivity contribution in [2.75, 3.05) is 32.8 Å². The van der Waals surface area contributed by atoms with E-state index in [9.17, 15) is 8.42 Å². The highest BCUT2D eigenvalue weighted by molar-refractivity contribution is 7.89. The van der Waals surface area contributed by atoms with Crippen molar-refractivity contribution in [1.82, 2.24) is 18.8 Å². The third-order valence-electron chi connectivity index (χ3n) is 6.72. The number of aromatic nitrogens is 2. The monoisotopic (exact) mass is 468 g/mol. The second-order valence-corrected chi connectivity index (χ2v) is 10.9. The van der Waals surface area contributed by atoms with Crippen molar-refractivity contribution in [2.45, 2.75) is 50.7 Å². The number of benzene rings is 2. The fourth-order valence-corrected chi connectivity index (χ4v) is 6.26. The molecular weight excluding hydrogens is 436 g/mol. The molecule has 2 aliphatic rings. The maximum absolute atomic E-state index is 13.2. The van der Waals surface area contributed by atoms with Crippen LogP contribution in [0.25, 0.3) is 11.0 Å². The van der Waals surface area contributed by atoms with E-state index in [-0.39, 0.29) is 0 Å². The van der Waals surface area contributed by atoms with Crippen LogP contribution in [0.2, 0.25) is 0 Å². The van der Waals surface area contributed by atoms with Crippen LogP contribution in [0, 0.1) is 0 Å². The van der Waals surface area contributed by atoms with Gasteiger partial charge in [-0.25, -0.2) is 13.4 Å². The summed E-state index contributed by atoms with van der Waals surface area (Å²) in [4.78, 5) is 7.71. The van der Waals surface area contributed by atoms with Crippen LogP contribution in [0.1, 0.15) is 36.7 Å². The van der Waals surface area contributed by atoms with Crippen LogP contribution in [0.4, 0.5) is 0 Å². The number of aryl methyl sites for hydroxylation is 1. The molecule has 3 aromatic rings. The lowest BCUT2D eigenvalue weighted by Gasteiger charge is -2.28. The summed E-state index contributed by atoms with van der Waals surface area (Å²) < 4.78 is 35.4. The first-order valence-electron chi connectivity index (χ1n) is 11.9. The molecule has 1 fully saturated rings. The van der Waals surface area contributed by atoms with E-state index >= 15 is 0 Å². The zero-order valence-corrected chi connectivity index (χ0v) is 20.1. The fourth-order valence-electron chi connectivity index (χ4n) is 4.83. The molecule has 0 unspecified atom stereocenters. The third kappa shape index (κ3) is 4.57. The molecule has 3 heterocycles. The number of imidazole rings is 1. The lowest BCUT2D eigenvalue weighted by molar-refractivity contribution is 0.0730. The third-order valence-corrected chi connectivity index (χ3v) is 8.61. The summed E-state index contributed by atoms with van der Waals surface area (Å²) in [5.74, 6) is 1.01. The van der Waals surface area contributed by atoms with Gasteiger partial charge < -0.3 is 9.30 Å². The average Bonchev–Trinajstić information content (AvgIpc) is 3.19. The number of hydrogen-bond donors (Lipinski definition) is 0. The summed E-state index contributed by atoms with van der Waals surface area (Å²) in [6.45, 7) is 7.44. The zero-order chi connectivity index (χ0) is 22.8. The number of unbranched alkanes of at least 4 members (excludes halogenated alkanes) is 1. The predicted octanol–water partition coefficient (Wildman–Crippen LogP) is 3.42. The molecule has 0 saturated carbocycles. The second kappa shape index (κ2) is 9.54. The van der Waals surface area contributed by atoms with E-state index in [0.717, 1.165) is 62.3 Å². The predicted molar refractivity (Wildman–Crippen MR) is 128 cm³/mol. The number of rotatable bonds is 7. The standard InChI is InChI=1S/C25H32N4O3S/c1-2-3-11-29-24-9-8-22(33(30,31)28-13-15-32-16-14-28)17-23(24)26-25(29)19-27-12-10-20-6-4-5-7-21(20)18-27/h4-9,17H,2-3,10-16,18-19H2,1H3. The van der Waals surface area contributed by atoms with Gasteiger partial charge >= 0.3 is 0 Å². The van der Waals surface area contributed by atoms with Crippen LogP contribution < -0.4 is 0 Å². The Kier molecular flexibility index (Phi) is 6.51. The highest BCUT2D eigenvalue weighted by atomic mass is 32.2. The summed E-state index contributed by atoms with van der Waals surface area (Å²) in [5.41, 5.74) is 4.59. The van der Waals surface area contributed by atoms with Crippen molar-refractivity contribution in [2.24, 2.45) is 0 Å². The van der Waals surface area contributed by atoms with E-state index < -0.39 is 10.0 Å². The molecule has 176 valence electrons. The minimum absolute atomic E-state index is 0.315. The van der Waals surface area contributed by atoms with E-state index in [1.807, 2.05) is 6.07 Å². The first-order valence-corrected chi connectivity index (χ1v) is 13.4. The van der Waals surface area contributed by atoms with Crippen molar-refractivity contribution in [3.8, 4) is 0 Å². The number of hydrogen-bond acceptors (Lipinski definition) is 5. The van der Waals surface area contributed by atoms with Gasteiger partial charge in [0.05, 0.1) is 35.7 Å². The molecule has 8 heteroatoms. The van der Waals surface area contributed by atoms with Gasteiger partial charge in [0.25, 0.3) is 0 Å². The Labute approximate surface area is 196 Å². The van der Waals surface area contributed by atoms with Crippen LogP contribution in [0.3, 0.4) is 0 Å². The Bertz CT molecular complexity index is 1230. The fraction of sp³-hybridized carbons (Fsp3) is 0.480.